The summed E-state index contributed by atoms with van der Waals surface area (Å²) >= 11 is 0. The van der Waals surface area contributed by atoms with E-state index in [9.17, 15) is 14.4 Å². The van der Waals surface area contributed by atoms with E-state index in [0.29, 0.717) is 5.92 Å². The number of aromatic nitrogens is 1. The van der Waals surface area contributed by atoms with Crippen molar-refractivity contribution in [1.29, 1.82) is 0 Å². The molecule has 0 bridgehead atoms. The SMILES string of the molecule is COc1ccnc(C(=O)N[C@@H](C)C(=O)OC(C)c2ccc(C3CCCCC3)cc2)c1OCOC(C)=O. The first kappa shape index (κ1) is 27.0. The summed E-state index contributed by atoms with van der Waals surface area (Å²) in [5.74, 6) is -0.973. The van der Waals surface area contributed by atoms with E-state index in [1.807, 2.05) is 12.1 Å². The second-order valence-corrected chi connectivity index (χ2v) is 8.86. The van der Waals surface area contributed by atoms with Gasteiger partial charge in [-0.25, -0.2) is 9.78 Å². The smallest absolute Gasteiger partial charge is 0.328 e. The van der Waals surface area contributed by atoms with Gasteiger partial charge in [-0.15, -0.1) is 0 Å². The van der Waals surface area contributed by atoms with E-state index in [1.165, 1.54) is 70.9 Å². The molecule has 0 spiro atoms. The Kier molecular flexibility index (Phi) is 9.67. The zero-order valence-corrected chi connectivity index (χ0v) is 21.2. The van der Waals surface area contributed by atoms with Crippen molar-refractivity contribution < 1.29 is 33.3 Å². The van der Waals surface area contributed by atoms with Crippen molar-refractivity contribution in [2.75, 3.05) is 13.9 Å². The Hall–Kier alpha value is -3.62. The van der Waals surface area contributed by atoms with Gasteiger partial charge in [-0.3, -0.25) is 9.59 Å². The van der Waals surface area contributed by atoms with Gasteiger partial charge in [0.25, 0.3) is 5.91 Å². The fraction of sp³-hybridized carbons (Fsp3) is 0.481. The van der Waals surface area contributed by atoms with Crippen LogP contribution in [0.4, 0.5) is 0 Å². The van der Waals surface area contributed by atoms with Crippen LogP contribution in [0.25, 0.3) is 0 Å². The van der Waals surface area contributed by atoms with Crippen molar-refractivity contribution in [3.05, 3.63) is 53.3 Å². The molecule has 1 amide bonds. The molecule has 194 valence electrons. The average molecular weight is 499 g/mol. The lowest BCUT2D eigenvalue weighted by atomic mass is 9.84. The van der Waals surface area contributed by atoms with E-state index in [-0.39, 0.29) is 17.2 Å². The highest BCUT2D eigenvalue weighted by Crippen LogP contribution is 2.33. The maximum atomic E-state index is 12.9. The van der Waals surface area contributed by atoms with Crippen LogP contribution in [-0.2, 0) is 19.1 Å². The second-order valence-electron chi connectivity index (χ2n) is 8.86. The second kappa shape index (κ2) is 12.9. The number of carbonyl (C=O) groups is 3. The lowest BCUT2D eigenvalue weighted by Crippen LogP contribution is -2.40. The third-order valence-corrected chi connectivity index (χ3v) is 6.25. The molecule has 0 aliphatic heterocycles. The van der Waals surface area contributed by atoms with Crippen LogP contribution in [0.2, 0.25) is 0 Å². The minimum Gasteiger partial charge on any atom is -0.493 e. The normalized spacial score (nSPS) is 15.3. The number of esters is 2. The maximum Gasteiger partial charge on any atom is 0.328 e. The quantitative estimate of drug-likeness (QED) is 0.377. The lowest BCUT2D eigenvalue weighted by molar-refractivity contribution is -0.150. The van der Waals surface area contributed by atoms with E-state index in [1.54, 1.807) is 6.92 Å². The molecule has 1 fully saturated rings. The molecule has 9 heteroatoms. The molecule has 1 unspecified atom stereocenters. The summed E-state index contributed by atoms with van der Waals surface area (Å²) in [4.78, 5) is 40.6. The summed E-state index contributed by atoms with van der Waals surface area (Å²) < 4.78 is 21.0. The van der Waals surface area contributed by atoms with Crippen molar-refractivity contribution in [2.45, 2.75) is 70.9 Å². The first-order valence-electron chi connectivity index (χ1n) is 12.2. The topological polar surface area (TPSA) is 113 Å². The van der Waals surface area contributed by atoms with Gasteiger partial charge in [0, 0.05) is 19.2 Å². The Morgan fingerprint density at radius 2 is 1.75 bits per heavy atom. The summed E-state index contributed by atoms with van der Waals surface area (Å²) in [6.07, 6.45) is 7.19. The van der Waals surface area contributed by atoms with Crippen molar-refractivity contribution in [3.63, 3.8) is 0 Å². The van der Waals surface area contributed by atoms with E-state index < -0.39 is 36.8 Å². The predicted octanol–water partition coefficient (Wildman–Crippen LogP) is 4.46. The average Bonchev–Trinajstić information content (AvgIpc) is 2.88. The summed E-state index contributed by atoms with van der Waals surface area (Å²) in [6.45, 7) is 4.13. The van der Waals surface area contributed by atoms with Gasteiger partial charge in [-0.05, 0) is 43.7 Å². The highest BCUT2D eigenvalue weighted by molar-refractivity contribution is 5.98. The van der Waals surface area contributed by atoms with Crippen molar-refractivity contribution in [2.24, 2.45) is 0 Å². The number of methoxy groups -OCH3 is 1. The van der Waals surface area contributed by atoms with Crippen LogP contribution >= 0.6 is 0 Å². The van der Waals surface area contributed by atoms with Crippen LogP contribution in [0, 0.1) is 0 Å². The largest absolute Gasteiger partial charge is 0.493 e. The summed E-state index contributed by atoms with van der Waals surface area (Å²) in [7, 11) is 1.40. The van der Waals surface area contributed by atoms with E-state index in [4.69, 9.17) is 18.9 Å². The molecule has 1 aromatic carbocycles. The molecule has 2 atom stereocenters. The molecule has 36 heavy (non-hydrogen) atoms. The molecule has 3 rings (SSSR count). The number of nitrogens with zero attached hydrogens (tertiary/aromatic N) is 1. The molecule has 1 saturated carbocycles. The summed E-state index contributed by atoms with van der Waals surface area (Å²) in [6, 6.07) is 8.78. The highest BCUT2D eigenvalue weighted by Gasteiger charge is 2.25. The molecular formula is C27H34N2O7. The predicted molar refractivity (Wildman–Crippen MR) is 132 cm³/mol. The molecule has 9 nitrogen and oxygen atoms in total. The van der Waals surface area contributed by atoms with Gasteiger partial charge < -0.3 is 24.3 Å². The first-order chi connectivity index (χ1) is 17.3. The molecule has 1 N–H and O–H groups in total. The molecule has 0 radical (unpaired) electrons. The van der Waals surface area contributed by atoms with Gasteiger partial charge in [-0.1, -0.05) is 43.5 Å². The van der Waals surface area contributed by atoms with Crippen LogP contribution in [0.3, 0.4) is 0 Å². The van der Waals surface area contributed by atoms with E-state index in [2.05, 4.69) is 22.4 Å². The minimum atomic E-state index is -0.948. The minimum absolute atomic E-state index is 0.00857. The van der Waals surface area contributed by atoms with Crippen LogP contribution in [0.15, 0.2) is 36.5 Å². The van der Waals surface area contributed by atoms with Crippen LogP contribution in [0.1, 0.15) is 86.5 Å². The first-order valence-corrected chi connectivity index (χ1v) is 12.2. The number of pyridine rings is 1. The van der Waals surface area contributed by atoms with Gasteiger partial charge in [-0.2, -0.15) is 0 Å². The van der Waals surface area contributed by atoms with E-state index >= 15 is 0 Å². The number of amides is 1. The van der Waals surface area contributed by atoms with Crippen molar-refractivity contribution in [1.82, 2.24) is 10.3 Å². The number of hydrogen-bond acceptors (Lipinski definition) is 8. The Morgan fingerprint density at radius 1 is 1.06 bits per heavy atom. The standard InChI is InChI=1S/C27H34N2O7/c1-17(29-26(31)24-25(35-16-34-19(3)30)23(33-4)14-15-28-24)27(32)36-18(2)20-10-12-22(13-11-20)21-8-6-5-7-9-21/h10-15,17-18,21H,5-9,16H2,1-4H3,(H,29,31)/t17-,18?/m0/s1. The monoisotopic (exact) mass is 498 g/mol. The van der Waals surface area contributed by atoms with Gasteiger partial charge in [0.05, 0.1) is 7.11 Å². The van der Waals surface area contributed by atoms with Crippen LogP contribution < -0.4 is 14.8 Å². The Morgan fingerprint density at radius 3 is 2.39 bits per heavy atom. The molecule has 1 heterocycles. The Labute approximate surface area is 211 Å². The summed E-state index contributed by atoms with van der Waals surface area (Å²) in [5.41, 5.74) is 2.10. The molecule has 0 saturated heterocycles. The molecule has 1 aliphatic rings. The Balaban J connectivity index is 1.60. The van der Waals surface area contributed by atoms with Gasteiger partial charge in [0.1, 0.15) is 12.1 Å². The number of ether oxygens (including phenoxy) is 4. The third-order valence-electron chi connectivity index (χ3n) is 6.25. The van der Waals surface area contributed by atoms with Crippen molar-refractivity contribution >= 4 is 17.8 Å². The van der Waals surface area contributed by atoms with Gasteiger partial charge >= 0.3 is 11.9 Å². The number of nitrogens with one attached hydrogen (secondary N) is 1. The number of rotatable bonds is 10. The molecule has 1 aromatic heterocycles. The summed E-state index contributed by atoms with van der Waals surface area (Å²) in [5, 5.41) is 2.58. The van der Waals surface area contributed by atoms with Crippen LogP contribution in [0.5, 0.6) is 11.5 Å². The van der Waals surface area contributed by atoms with Crippen LogP contribution in [-0.4, -0.2) is 42.8 Å². The molecule has 2 aromatic rings. The fourth-order valence-corrected chi connectivity index (χ4v) is 4.21. The van der Waals surface area contributed by atoms with Crippen molar-refractivity contribution in [3.8, 4) is 11.5 Å². The molecule has 1 aliphatic carbocycles. The van der Waals surface area contributed by atoms with Gasteiger partial charge in [0.2, 0.25) is 6.79 Å². The molecular weight excluding hydrogens is 464 g/mol. The third kappa shape index (κ3) is 7.19. The zero-order chi connectivity index (χ0) is 26.1. The van der Waals surface area contributed by atoms with E-state index in [0.717, 1.165) is 5.56 Å². The number of carbonyl (C=O) groups excluding carboxylic acids is 3. The number of benzene rings is 1. The zero-order valence-electron chi connectivity index (χ0n) is 21.2. The van der Waals surface area contributed by atoms with Gasteiger partial charge in [0.15, 0.2) is 17.2 Å². The maximum absolute atomic E-state index is 12.9. The fourth-order valence-electron chi connectivity index (χ4n) is 4.21. The lowest BCUT2D eigenvalue weighted by Gasteiger charge is -2.23. The highest BCUT2D eigenvalue weighted by atomic mass is 16.7. The Bertz CT molecular complexity index is 1050. The number of hydrogen-bond donors (Lipinski definition) is 1.